The lowest BCUT2D eigenvalue weighted by Gasteiger charge is -2.08. The Morgan fingerprint density at radius 2 is 2.05 bits per heavy atom. The van der Waals surface area contributed by atoms with Crippen LogP contribution in [0.5, 0.6) is 0 Å². The molecule has 0 aliphatic rings. The smallest absolute Gasteiger partial charge is 0.239 e. The Bertz CT molecular complexity index is 601. The van der Waals surface area contributed by atoms with Gasteiger partial charge in [0.15, 0.2) is 0 Å². The van der Waals surface area contributed by atoms with Crippen molar-refractivity contribution in [2.75, 3.05) is 13.6 Å². The van der Waals surface area contributed by atoms with Crippen LogP contribution in [0, 0.1) is 5.92 Å². The van der Waals surface area contributed by atoms with Gasteiger partial charge in [0, 0.05) is 30.2 Å². The summed E-state index contributed by atoms with van der Waals surface area (Å²) in [6.45, 7) is 6.26. The third-order valence-electron chi connectivity index (χ3n) is 3.60. The topological polar surface area (TPSA) is 46.1 Å². The van der Waals surface area contributed by atoms with Crippen molar-refractivity contribution in [2.24, 2.45) is 5.92 Å². The van der Waals surface area contributed by atoms with Crippen LogP contribution in [0.2, 0.25) is 0 Å². The lowest BCUT2D eigenvalue weighted by molar-refractivity contribution is -0.121. The van der Waals surface area contributed by atoms with Crippen molar-refractivity contribution in [3.05, 3.63) is 36.0 Å². The van der Waals surface area contributed by atoms with Crippen molar-refractivity contribution in [1.82, 2.24) is 15.2 Å². The summed E-state index contributed by atoms with van der Waals surface area (Å²) >= 11 is 0. The molecule has 0 spiro atoms. The maximum atomic E-state index is 12.1. The largest absolute Gasteiger partial charge is 0.355 e. The Labute approximate surface area is 126 Å². The van der Waals surface area contributed by atoms with E-state index in [1.807, 2.05) is 23.7 Å². The first-order chi connectivity index (χ1) is 10.1. The van der Waals surface area contributed by atoms with Crippen LogP contribution in [0.25, 0.3) is 10.9 Å². The van der Waals surface area contributed by atoms with E-state index in [2.05, 4.69) is 42.8 Å². The molecule has 0 saturated carbocycles. The number of rotatable bonds is 7. The van der Waals surface area contributed by atoms with Gasteiger partial charge < -0.3 is 15.2 Å². The predicted molar refractivity (Wildman–Crippen MR) is 87.2 cm³/mol. The molecule has 0 aliphatic carbocycles. The molecule has 0 unspecified atom stereocenters. The lowest BCUT2D eigenvalue weighted by Crippen LogP contribution is -2.28. The van der Waals surface area contributed by atoms with Gasteiger partial charge >= 0.3 is 0 Å². The molecule has 2 rings (SSSR count). The second kappa shape index (κ2) is 7.27. The number of aromatic nitrogens is 1. The number of carbonyl (C=O) groups excluding carboxylic acids is 1. The van der Waals surface area contributed by atoms with Crippen LogP contribution in [0.3, 0.4) is 0 Å². The van der Waals surface area contributed by atoms with Crippen LogP contribution < -0.4 is 10.6 Å². The van der Waals surface area contributed by atoms with Gasteiger partial charge in [0.2, 0.25) is 5.91 Å². The number of hydrogen-bond donors (Lipinski definition) is 2. The first kappa shape index (κ1) is 15.6. The quantitative estimate of drug-likeness (QED) is 0.822. The van der Waals surface area contributed by atoms with E-state index in [9.17, 15) is 4.79 Å². The van der Waals surface area contributed by atoms with Crippen molar-refractivity contribution in [1.29, 1.82) is 0 Å². The highest BCUT2D eigenvalue weighted by molar-refractivity contribution is 5.86. The minimum absolute atomic E-state index is 0.0763. The molecule has 0 aliphatic heterocycles. The van der Waals surface area contributed by atoms with E-state index in [0.717, 1.165) is 25.0 Å². The normalized spacial score (nSPS) is 11.2. The number of nitrogens with zero attached hydrogens (tertiary/aromatic N) is 1. The van der Waals surface area contributed by atoms with Gasteiger partial charge in [-0.05, 0) is 31.0 Å². The molecule has 1 amide bonds. The summed E-state index contributed by atoms with van der Waals surface area (Å²) in [5.41, 5.74) is 2.34. The fourth-order valence-electron chi connectivity index (χ4n) is 2.50. The second-order valence-corrected chi connectivity index (χ2v) is 5.86. The van der Waals surface area contributed by atoms with Crippen LogP contribution in [-0.4, -0.2) is 24.1 Å². The summed E-state index contributed by atoms with van der Waals surface area (Å²) in [6, 6.07) is 8.22. The Kier molecular flexibility index (Phi) is 5.39. The lowest BCUT2D eigenvalue weighted by atomic mass is 10.1. The number of carbonyl (C=O) groups is 1. The molecular weight excluding hydrogens is 262 g/mol. The van der Waals surface area contributed by atoms with Crippen LogP contribution in [-0.2, 0) is 17.9 Å². The molecule has 0 saturated heterocycles. The zero-order valence-electron chi connectivity index (χ0n) is 13.1. The van der Waals surface area contributed by atoms with Crippen LogP contribution in [0.15, 0.2) is 30.5 Å². The number of para-hydroxylation sites is 1. The Morgan fingerprint density at radius 1 is 1.29 bits per heavy atom. The van der Waals surface area contributed by atoms with Crippen molar-refractivity contribution in [3.63, 3.8) is 0 Å². The van der Waals surface area contributed by atoms with Gasteiger partial charge in [-0.15, -0.1) is 0 Å². The number of hydrogen-bond acceptors (Lipinski definition) is 2. The third kappa shape index (κ3) is 4.08. The van der Waals surface area contributed by atoms with E-state index in [4.69, 9.17) is 0 Å². The van der Waals surface area contributed by atoms with Crippen molar-refractivity contribution < 1.29 is 4.79 Å². The summed E-state index contributed by atoms with van der Waals surface area (Å²) in [5.74, 6) is 0.687. The van der Waals surface area contributed by atoms with E-state index in [-0.39, 0.29) is 5.91 Å². The average molecular weight is 287 g/mol. The second-order valence-electron chi connectivity index (χ2n) is 5.86. The summed E-state index contributed by atoms with van der Waals surface area (Å²) in [7, 11) is 1.94. The van der Waals surface area contributed by atoms with Crippen molar-refractivity contribution in [3.8, 4) is 0 Å². The molecule has 1 heterocycles. The molecule has 1 aromatic carbocycles. The summed E-state index contributed by atoms with van der Waals surface area (Å²) in [5, 5.41) is 7.38. The van der Waals surface area contributed by atoms with Gasteiger partial charge in [-0.2, -0.15) is 0 Å². The summed E-state index contributed by atoms with van der Waals surface area (Å²) in [4.78, 5) is 12.1. The van der Waals surface area contributed by atoms with Crippen molar-refractivity contribution in [2.45, 2.75) is 33.4 Å². The Hall–Kier alpha value is -1.81. The van der Waals surface area contributed by atoms with Crippen LogP contribution in [0.1, 0.15) is 25.8 Å². The molecular formula is C17H25N3O. The minimum atomic E-state index is 0.0763. The zero-order valence-corrected chi connectivity index (χ0v) is 13.1. The fraction of sp³-hybridized carbons (Fsp3) is 0.471. The molecule has 0 radical (unpaired) electrons. The van der Waals surface area contributed by atoms with Gasteiger partial charge in [0.05, 0.1) is 0 Å². The minimum Gasteiger partial charge on any atom is -0.355 e. The highest BCUT2D eigenvalue weighted by atomic mass is 16.1. The van der Waals surface area contributed by atoms with E-state index < -0.39 is 0 Å². The van der Waals surface area contributed by atoms with Gasteiger partial charge in [-0.3, -0.25) is 4.79 Å². The van der Waals surface area contributed by atoms with Crippen LogP contribution >= 0.6 is 0 Å². The standard InChI is InChI=1S/C17H25N3O/c1-13(2)8-9-19-17(21)12-20-11-14(10-18-3)15-6-4-5-7-16(15)20/h4-7,11,13,18H,8-10,12H2,1-3H3,(H,19,21). The predicted octanol–water partition coefficient (Wildman–Crippen LogP) is 2.52. The Morgan fingerprint density at radius 3 is 2.76 bits per heavy atom. The molecule has 1 aromatic heterocycles. The van der Waals surface area contributed by atoms with Gasteiger partial charge in [-0.1, -0.05) is 32.0 Å². The average Bonchev–Trinajstić information content (AvgIpc) is 2.77. The van der Waals surface area contributed by atoms with E-state index >= 15 is 0 Å². The summed E-state index contributed by atoms with van der Waals surface area (Å²) < 4.78 is 2.03. The highest BCUT2D eigenvalue weighted by Crippen LogP contribution is 2.21. The molecule has 2 aromatic rings. The van der Waals surface area contributed by atoms with Crippen LogP contribution in [0.4, 0.5) is 0 Å². The highest BCUT2D eigenvalue weighted by Gasteiger charge is 2.10. The SMILES string of the molecule is CNCc1cn(CC(=O)NCCC(C)C)c2ccccc12. The van der Waals surface area contributed by atoms with Gasteiger partial charge in [0.25, 0.3) is 0 Å². The number of amides is 1. The molecule has 2 N–H and O–H groups in total. The van der Waals surface area contributed by atoms with Crippen molar-refractivity contribution >= 4 is 16.8 Å². The summed E-state index contributed by atoms with van der Waals surface area (Å²) in [6.07, 6.45) is 3.09. The maximum absolute atomic E-state index is 12.1. The van der Waals surface area contributed by atoms with Gasteiger partial charge in [0.1, 0.15) is 6.54 Å². The van der Waals surface area contributed by atoms with E-state index in [1.54, 1.807) is 0 Å². The first-order valence-electron chi connectivity index (χ1n) is 7.60. The fourth-order valence-corrected chi connectivity index (χ4v) is 2.50. The molecule has 4 heteroatoms. The first-order valence-corrected chi connectivity index (χ1v) is 7.60. The number of benzene rings is 1. The number of fused-ring (bicyclic) bond motifs is 1. The van der Waals surface area contributed by atoms with Gasteiger partial charge in [-0.25, -0.2) is 0 Å². The monoisotopic (exact) mass is 287 g/mol. The molecule has 21 heavy (non-hydrogen) atoms. The molecule has 4 nitrogen and oxygen atoms in total. The molecule has 0 fully saturated rings. The molecule has 0 atom stereocenters. The Balaban J connectivity index is 2.09. The maximum Gasteiger partial charge on any atom is 0.239 e. The third-order valence-corrected chi connectivity index (χ3v) is 3.60. The van der Waals surface area contributed by atoms with E-state index in [1.165, 1.54) is 10.9 Å². The van der Waals surface area contributed by atoms with E-state index in [0.29, 0.717) is 12.5 Å². The molecule has 0 bridgehead atoms. The molecule has 114 valence electrons. The number of nitrogens with one attached hydrogen (secondary N) is 2. The zero-order chi connectivity index (χ0) is 15.2.